The number of rotatable bonds is 4. The Hall–Kier alpha value is -0.540. The molecule has 1 aromatic rings. The van der Waals surface area contributed by atoms with Gasteiger partial charge in [0.15, 0.2) is 0 Å². The number of benzene rings is 1. The van der Waals surface area contributed by atoms with Gasteiger partial charge in [0.25, 0.3) is 0 Å². The van der Waals surface area contributed by atoms with Crippen LogP contribution in [0.3, 0.4) is 0 Å². The van der Waals surface area contributed by atoms with E-state index in [1.165, 1.54) is 0 Å². The summed E-state index contributed by atoms with van der Waals surface area (Å²) in [6, 6.07) is 7.41. The first-order valence-corrected chi connectivity index (χ1v) is 6.94. The minimum Gasteiger partial charge on any atom is -0.340 e. The van der Waals surface area contributed by atoms with E-state index in [1.807, 2.05) is 45.2 Å². The Morgan fingerprint density at radius 2 is 2.12 bits per heavy atom. The lowest BCUT2D eigenvalue weighted by Crippen LogP contribution is -2.46. The summed E-state index contributed by atoms with van der Waals surface area (Å²) in [4.78, 5) is 13.9. The number of hydrogen-bond acceptors (Lipinski definition) is 1. The van der Waals surface area contributed by atoms with Crippen LogP contribution in [-0.2, 0) is 11.2 Å². The first kappa shape index (κ1) is 14.5. The lowest BCUT2D eigenvalue weighted by Gasteiger charge is -2.34. The molecule has 0 atom stereocenters. The van der Waals surface area contributed by atoms with E-state index in [0.29, 0.717) is 11.4 Å². The maximum absolute atomic E-state index is 12.1. The Labute approximate surface area is 116 Å². The minimum atomic E-state index is -0.185. The molecule has 0 saturated heterocycles. The molecule has 0 saturated carbocycles. The number of hydrogen-bond donors (Lipinski definition) is 0. The summed E-state index contributed by atoms with van der Waals surface area (Å²) >= 11 is 9.31. The van der Waals surface area contributed by atoms with Crippen molar-refractivity contribution >= 4 is 33.4 Å². The van der Waals surface area contributed by atoms with E-state index in [4.69, 9.17) is 11.6 Å². The molecule has 0 N–H and O–H groups in total. The van der Waals surface area contributed by atoms with Gasteiger partial charge < -0.3 is 4.90 Å². The van der Waals surface area contributed by atoms with Gasteiger partial charge in [0.1, 0.15) is 0 Å². The van der Waals surface area contributed by atoms with E-state index < -0.39 is 0 Å². The summed E-state index contributed by atoms with van der Waals surface area (Å²) in [7, 11) is 1.83. The normalized spacial score (nSPS) is 11.4. The Balaban J connectivity index is 2.73. The van der Waals surface area contributed by atoms with E-state index in [2.05, 4.69) is 15.9 Å². The molecule has 0 fully saturated rings. The van der Waals surface area contributed by atoms with Gasteiger partial charge in [-0.1, -0.05) is 39.7 Å². The fraction of sp³-hybridized carbons (Fsp3) is 0.462. The van der Waals surface area contributed by atoms with Crippen molar-refractivity contribution in [3.63, 3.8) is 0 Å². The number of halogens is 2. The molecule has 2 nitrogen and oxygen atoms in total. The van der Waals surface area contributed by atoms with Gasteiger partial charge in [0.05, 0.1) is 6.42 Å². The summed E-state index contributed by atoms with van der Waals surface area (Å²) < 4.78 is 0. The molecule has 1 aromatic carbocycles. The van der Waals surface area contributed by atoms with E-state index in [9.17, 15) is 4.79 Å². The molecule has 0 aliphatic heterocycles. The molecule has 0 heterocycles. The summed E-state index contributed by atoms with van der Waals surface area (Å²) in [5.74, 6) is 0.0942. The van der Waals surface area contributed by atoms with Gasteiger partial charge in [0.2, 0.25) is 5.91 Å². The maximum Gasteiger partial charge on any atom is 0.227 e. The average molecular weight is 319 g/mol. The fourth-order valence-corrected chi connectivity index (χ4v) is 1.96. The molecule has 1 amide bonds. The van der Waals surface area contributed by atoms with Crippen LogP contribution in [0.25, 0.3) is 0 Å². The van der Waals surface area contributed by atoms with Crippen molar-refractivity contribution < 1.29 is 4.79 Å². The zero-order valence-corrected chi connectivity index (χ0v) is 12.7. The van der Waals surface area contributed by atoms with Crippen LogP contribution in [0.4, 0.5) is 0 Å². The van der Waals surface area contributed by atoms with E-state index in [0.717, 1.165) is 10.9 Å². The average Bonchev–Trinajstić information content (AvgIpc) is 2.28. The third kappa shape index (κ3) is 4.00. The van der Waals surface area contributed by atoms with E-state index in [-0.39, 0.29) is 11.4 Å². The number of alkyl halides is 1. The van der Waals surface area contributed by atoms with Gasteiger partial charge in [-0.05, 0) is 31.5 Å². The van der Waals surface area contributed by atoms with Crippen molar-refractivity contribution in [2.45, 2.75) is 25.8 Å². The lowest BCUT2D eigenvalue weighted by molar-refractivity contribution is -0.133. The first-order chi connectivity index (χ1) is 7.86. The molecular weight excluding hydrogens is 302 g/mol. The fourth-order valence-electron chi connectivity index (χ4n) is 1.37. The molecule has 94 valence electrons. The molecule has 0 bridgehead atoms. The second-order valence-corrected chi connectivity index (χ2v) is 5.70. The van der Waals surface area contributed by atoms with Crippen LogP contribution < -0.4 is 0 Å². The molecule has 17 heavy (non-hydrogen) atoms. The zero-order chi connectivity index (χ0) is 13.1. The third-order valence-electron chi connectivity index (χ3n) is 2.85. The van der Waals surface area contributed by atoms with Crippen molar-refractivity contribution in [1.29, 1.82) is 0 Å². The Morgan fingerprint density at radius 3 is 2.65 bits per heavy atom. The second kappa shape index (κ2) is 5.87. The highest BCUT2D eigenvalue weighted by Crippen LogP contribution is 2.18. The number of carbonyl (C=O) groups excluding carboxylic acids is 1. The monoisotopic (exact) mass is 317 g/mol. The molecule has 0 spiro atoms. The van der Waals surface area contributed by atoms with Crippen molar-refractivity contribution in [2.75, 3.05) is 12.4 Å². The standard InChI is InChI=1S/C13H17BrClNO/c1-13(2,9-14)16(3)12(17)8-10-5-4-6-11(15)7-10/h4-7H,8-9H2,1-3H3. The Bertz CT molecular complexity index is 406. The van der Waals surface area contributed by atoms with E-state index in [1.54, 1.807) is 4.90 Å². The van der Waals surface area contributed by atoms with Crippen LogP contribution in [0.15, 0.2) is 24.3 Å². The molecular formula is C13H17BrClNO. The highest BCUT2D eigenvalue weighted by molar-refractivity contribution is 9.09. The van der Waals surface area contributed by atoms with Gasteiger partial charge in [0, 0.05) is 22.9 Å². The van der Waals surface area contributed by atoms with Gasteiger partial charge in [-0.3, -0.25) is 4.79 Å². The van der Waals surface area contributed by atoms with Crippen LogP contribution >= 0.6 is 27.5 Å². The molecule has 1 rings (SSSR count). The van der Waals surface area contributed by atoms with Crippen LogP contribution in [0.5, 0.6) is 0 Å². The highest BCUT2D eigenvalue weighted by Gasteiger charge is 2.26. The van der Waals surface area contributed by atoms with E-state index >= 15 is 0 Å². The molecule has 0 radical (unpaired) electrons. The Kier molecular flexibility index (Phi) is 5.02. The van der Waals surface area contributed by atoms with Crippen molar-refractivity contribution in [2.24, 2.45) is 0 Å². The van der Waals surface area contributed by atoms with Crippen LogP contribution in [0.1, 0.15) is 19.4 Å². The van der Waals surface area contributed by atoms with Gasteiger partial charge in [-0.15, -0.1) is 0 Å². The topological polar surface area (TPSA) is 20.3 Å². The zero-order valence-electron chi connectivity index (χ0n) is 10.3. The van der Waals surface area contributed by atoms with Crippen LogP contribution in [-0.4, -0.2) is 28.7 Å². The van der Waals surface area contributed by atoms with Gasteiger partial charge in [-0.25, -0.2) is 0 Å². The third-order valence-corrected chi connectivity index (χ3v) is 4.46. The predicted octanol–water partition coefficient (Wildman–Crippen LogP) is 3.51. The first-order valence-electron chi connectivity index (χ1n) is 5.44. The largest absolute Gasteiger partial charge is 0.340 e. The number of carbonyl (C=O) groups is 1. The lowest BCUT2D eigenvalue weighted by atomic mass is 10.0. The molecule has 0 aliphatic carbocycles. The van der Waals surface area contributed by atoms with Gasteiger partial charge in [-0.2, -0.15) is 0 Å². The molecule has 0 unspecified atom stereocenters. The SMILES string of the molecule is CN(C(=O)Cc1cccc(Cl)c1)C(C)(C)CBr. The molecule has 4 heteroatoms. The minimum absolute atomic E-state index is 0.0942. The molecule has 0 aromatic heterocycles. The number of nitrogens with zero attached hydrogens (tertiary/aromatic N) is 1. The highest BCUT2D eigenvalue weighted by atomic mass is 79.9. The number of likely N-dealkylation sites (N-methyl/N-ethyl adjacent to an activating group) is 1. The summed E-state index contributed by atoms with van der Waals surface area (Å²) in [5, 5.41) is 1.41. The number of amides is 1. The van der Waals surface area contributed by atoms with Crippen molar-refractivity contribution in [3.8, 4) is 0 Å². The summed E-state index contributed by atoms with van der Waals surface area (Å²) in [5.41, 5.74) is 0.759. The van der Waals surface area contributed by atoms with Crippen LogP contribution in [0.2, 0.25) is 5.02 Å². The van der Waals surface area contributed by atoms with Gasteiger partial charge >= 0.3 is 0 Å². The smallest absolute Gasteiger partial charge is 0.227 e. The summed E-state index contributed by atoms with van der Waals surface area (Å²) in [6.45, 7) is 4.05. The van der Waals surface area contributed by atoms with Crippen molar-refractivity contribution in [3.05, 3.63) is 34.9 Å². The quantitative estimate of drug-likeness (QED) is 0.778. The summed E-state index contributed by atoms with van der Waals surface area (Å²) in [6.07, 6.45) is 0.382. The van der Waals surface area contributed by atoms with Crippen molar-refractivity contribution in [1.82, 2.24) is 4.90 Å². The molecule has 0 aliphatic rings. The predicted molar refractivity (Wildman–Crippen MR) is 75.8 cm³/mol. The second-order valence-electron chi connectivity index (χ2n) is 4.71. The maximum atomic E-state index is 12.1. The van der Waals surface area contributed by atoms with Crippen LogP contribution in [0, 0.1) is 0 Å². The Morgan fingerprint density at radius 1 is 1.47 bits per heavy atom.